The first-order valence-corrected chi connectivity index (χ1v) is 11.7. The number of methoxy groups -OCH3 is 1. The van der Waals surface area contributed by atoms with Crippen molar-refractivity contribution < 1.29 is 14.4 Å². The number of oxime groups is 1. The first kappa shape index (κ1) is 24.4. The summed E-state index contributed by atoms with van der Waals surface area (Å²) >= 11 is 1.26. The van der Waals surface area contributed by atoms with E-state index in [1.54, 1.807) is 13.2 Å². The Balaban J connectivity index is 2.07. The van der Waals surface area contributed by atoms with Crippen molar-refractivity contribution in [1.82, 2.24) is 20.2 Å². The highest BCUT2D eigenvalue weighted by Crippen LogP contribution is 2.29. The molecule has 0 atom stereocenters. The van der Waals surface area contributed by atoms with E-state index in [1.807, 2.05) is 31.2 Å². The largest absolute Gasteiger partial charge is 0.497 e. The van der Waals surface area contributed by atoms with Crippen molar-refractivity contribution in [3.8, 4) is 5.75 Å². The molecule has 0 aliphatic heterocycles. The van der Waals surface area contributed by atoms with Crippen LogP contribution in [0, 0.1) is 0 Å². The number of anilines is 1. The van der Waals surface area contributed by atoms with Gasteiger partial charge in [-0.25, -0.2) is 9.97 Å². The van der Waals surface area contributed by atoms with Gasteiger partial charge < -0.3 is 25.5 Å². The number of aromatic nitrogens is 2. The zero-order valence-electron chi connectivity index (χ0n) is 19.4. The van der Waals surface area contributed by atoms with Crippen LogP contribution in [0.4, 0.5) is 5.95 Å². The zero-order chi connectivity index (χ0) is 23.8. The number of ether oxygens (including phenoxy) is 1. The maximum absolute atomic E-state index is 12.4. The summed E-state index contributed by atoms with van der Waals surface area (Å²) < 4.78 is 5.39. The number of nitrogens with two attached hydrogens (primary N) is 1. The first-order valence-electron chi connectivity index (χ1n) is 10.9. The molecule has 3 aromatic rings. The minimum atomic E-state index is -0.166. The molecule has 0 aliphatic rings. The number of benzene rings is 1. The van der Waals surface area contributed by atoms with Crippen LogP contribution in [0.25, 0.3) is 10.2 Å². The number of thiophene rings is 1. The minimum Gasteiger partial charge on any atom is -0.497 e. The number of rotatable bonds is 11. The summed E-state index contributed by atoms with van der Waals surface area (Å²) in [7, 11) is 1.61. The fourth-order valence-corrected chi connectivity index (χ4v) is 4.26. The third-order valence-corrected chi connectivity index (χ3v) is 6.12. The van der Waals surface area contributed by atoms with E-state index in [0.29, 0.717) is 45.4 Å². The Bertz CT molecular complexity index is 1130. The van der Waals surface area contributed by atoms with Crippen LogP contribution >= 0.6 is 11.3 Å². The van der Waals surface area contributed by atoms with Crippen molar-refractivity contribution in [3.05, 3.63) is 46.5 Å². The molecule has 0 spiro atoms. The minimum absolute atomic E-state index is 0.0977. The van der Waals surface area contributed by atoms with Crippen LogP contribution < -0.4 is 15.8 Å². The monoisotopic (exact) mass is 470 g/mol. The van der Waals surface area contributed by atoms with Gasteiger partial charge in [-0.15, -0.1) is 11.3 Å². The number of nitrogens with zero attached hydrogens (tertiary/aromatic N) is 4. The third-order valence-electron chi connectivity index (χ3n) is 5.09. The van der Waals surface area contributed by atoms with E-state index in [1.165, 1.54) is 11.3 Å². The maximum atomic E-state index is 12.4. The number of carbonyl (C=O) groups excluding carboxylic acids is 1. The summed E-state index contributed by atoms with van der Waals surface area (Å²) in [6, 6.07) is 9.24. The Morgan fingerprint density at radius 1 is 1.21 bits per heavy atom. The van der Waals surface area contributed by atoms with Crippen LogP contribution in [0.5, 0.6) is 5.75 Å². The van der Waals surface area contributed by atoms with Gasteiger partial charge in [-0.05, 0) is 38.2 Å². The Morgan fingerprint density at radius 3 is 2.70 bits per heavy atom. The summed E-state index contributed by atoms with van der Waals surface area (Å²) in [5.41, 5.74) is 7.77. The fourth-order valence-electron chi connectivity index (χ4n) is 3.30. The number of hydrogen-bond donors (Lipinski definition) is 2. The summed E-state index contributed by atoms with van der Waals surface area (Å²) in [4.78, 5) is 30.3. The topological polar surface area (TPSA) is 115 Å². The number of hydrogen-bond acceptors (Lipinski definition) is 9. The highest BCUT2D eigenvalue weighted by atomic mass is 32.1. The molecule has 1 amide bonds. The number of carbonyl (C=O) groups is 1. The highest BCUT2D eigenvalue weighted by molar-refractivity contribution is 7.20. The van der Waals surface area contributed by atoms with Crippen LogP contribution in [-0.4, -0.2) is 66.4 Å². The zero-order valence-corrected chi connectivity index (χ0v) is 20.2. The highest BCUT2D eigenvalue weighted by Gasteiger charge is 2.20. The van der Waals surface area contributed by atoms with Crippen LogP contribution in [-0.2, 0) is 4.84 Å². The fraction of sp³-hybridized carbons (Fsp3) is 0.391. The van der Waals surface area contributed by atoms with Gasteiger partial charge >= 0.3 is 0 Å². The second-order valence-corrected chi connectivity index (χ2v) is 8.18. The van der Waals surface area contributed by atoms with Gasteiger partial charge in [0.2, 0.25) is 5.95 Å². The van der Waals surface area contributed by atoms with E-state index in [2.05, 4.69) is 39.2 Å². The summed E-state index contributed by atoms with van der Waals surface area (Å²) in [6.45, 7) is 9.67. The molecule has 10 heteroatoms. The summed E-state index contributed by atoms with van der Waals surface area (Å²) in [6.07, 6.45) is 0. The molecule has 0 aliphatic carbocycles. The van der Waals surface area contributed by atoms with E-state index in [9.17, 15) is 4.79 Å². The molecule has 176 valence electrons. The van der Waals surface area contributed by atoms with Gasteiger partial charge in [0.05, 0.1) is 12.0 Å². The average molecular weight is 471 g/mol. The SMILES string of the molecule is CCNC(=O)c1cc2c(/C(=N\OCCN(CC)CC)c3cccc(OC)c3)nc(N)nc2s1. The van der Waals surface area contributed by atoms with Crippen LogP contribution in [0.15, 0.2) is 35.5 Å². The van der Waals surface area contributed by atoms with Gasteiger partial charge in [-0.3, -0.25) is 4.79 Å². The van der Waals surface area contributed by atoms with Gasteiger partial charge in [0.15, 0.2) is 0 Å². The lowest BCUT2D eigenvalue weighted by Crippen LogP contribution is -2.26. The molecule has 2 aromatic heterocycles. The van der Waals surface area contributed by atoms with Crippen LogP contribution in [0.1, 0.15) is 41.7 Å². The molecule has 9 nitrogen and oxygen atoms in total. The molecule has 1 aromatic carbocycles. The lowest BCUT2D eigenvalue weighted by Gasteiger charge is -2.17. The van der Waals surface area contributed by atoms with E-state index < -0.39 is 0 Å². The summed E-state index contributed by atoms with van der Waals surface area (Å²) in [5.74, 6) is 0.607. The van der Waals surface area contributed by atoms with Gasteiger partial charge in [0.1, 0.15) is 28.6 Å². The lowest BCUT2D eigenvalue weighted by molar-refractivity contribution is 0.0960. The van der Waals surface area contributed by atoms with Crippen molar-refractivity contribution in [3.63, 3.8) is 0 Å². The Labute approximate surface area is 197 Å². The normalized spacial score (nSPS) is 11.7. The number of likely N-dealkylation sites (N-methyl/N-ethyl adjacent to an activating group) is 1. The standard InChI is InChI=1S/C23H30N6O3S/c1-5-25-21(30)18-14-17-20(26-23(24)27-22(17)33-18)19(15-9-8-10-16(13-15)31-4)28-32-12-11-29(6-2)7-3/h8-10,13-14H,5-7,11-12H2,1-4H3,(H,25,30)(H2,24,26,27)/b28-19-. The molecular formula is C23H30N6O3S. The second-order valence-electron chi connectivity index (χ2n) is 7.15. The van der Waals surface area contributed by atoms with Crippen LogP contribution in [0.3, 0.4) is 0 Å². The summed E-state index contributed by atoms with van der Waals surface area (Å²) in [5, 5.41) is 7.95. The molecule has 3 rings (SSSR count). The quantitative estimate of drug-likeness (QED) is 0.251. The van der Waals surface area contributed by atoms with E-state index in [4.69, 9.17) is 15.3 Å². The number of nitrogen functional groups attached to an aromatic ring is 1. The molecule has 0 fully saturated rings. The lowest BCUT2D eigenvalue weighted by atomic mass is 10.0. The second kappa shape index (κ2) is 11.6. The van der Waals surface area contributed by atoms with Crippen molar-refractivity contribution >= 4 is 39.1 Å². The number of amides is 1. The predicted molar refractivity (Wildman–Crippen MR) is 132 cm³/mol. The maximum Gasteiger partial charge on any atom is 0.261 e. The predicted octanol–water partition coefficient (Wildman–Crippen LogP) is 3.14. The molecule has 0 radical (unpaired) electrons. The van der Waals surface area contributed by atoms with E-state index in [0.717, 1.165) is 25.2 Å². The first-order chi connectivity index (χ1) is 16.0. The number of fused-ring (bicyclic) bond motifs is 1. The molecular weight excluding hydrogens is 440 g/mol. The van der Waals surface area contributed by atoms with E-state index in [-0.39, 0.29) is 11.9 Å². The Hall–Kier alpha value is -3.24. The molecule has 0 saturated heterocycles. The Morgan fingerprint density at radius 2 is 2.00 bits per heavy atom. The molecule has 2 heterocycles. The van der Waals surface area contributed by atoms with Crippen LogP contribution in [0.2, 0.25) is 0 Å². The number of nitrogens with one attached hydrogen (secondary N) is 1. The van der Waals surface area contributed by atoms with Gasteiger partial charge in [0, 0.05) is 24.0 Å². The van der Waals surface area contributed by atoms with Crippen molar-refractivity contribution in [2.45, 2.75) is 20.8 Å². The van der Waals surface area contributed by atoms with Gasteiger partial charge in [-0.1, -0.05) is 31.1 Å². The van der Waals surface area contributed by atoms with Gasteiger partial charge in [0.25, 0.3) is 5.91 Å². The molecule has 0 bridgehead atoms. The van der Waals surface area contributed by atoms with Crippen molar-refractivity contribution in [2.75, 3.05) is 45.6 Å². The Kier molecular flexibility index (Phi) is 8.56. The van der Waals surface area contributed by atoms with Crippen molar-refractivity contribution in [1.29, 1.82) is 0 Å². The molecule has 0 saturated carbocycles. The molecule has 33 heavy (non-hydrogen) atoms. The third kappa shape index (κ3) is 5.96. The molecule has 3 N–H and O–H groups in total. The van der Waals surface area contributed by atoms with E-state index >= 15 is 0 Å². The molecule has 0 unspecified atom stereocenters. The van der Waals surface area contributed by atoms with Crippen molar-refractivity contribution in [2.24, 2.45) is 5.16 Å². The average Bonchev–Trinajstić information content (AvgIpc) is 3.25. The van der Waals surface area contributed by atoms with Gasteiger partial charge in [-0.2, -0.15) is 0 Å². The smallest absolute Gasteiger partial charge is 0.261 e.